The number of halogens is 1. The van der Waals surface area contributed by atoms with Crippen LogP contribution in [0.4, 0.5) is 11.4 Å². The molecule has 1 aliphatic heterocycles. The Bertz CT molecular complexity index is 1520. The Labute approximate surface area is 243 Å². The molecule has 0 unspecified atom stereocenters. The highest BCUT2D eigenvalue weighted by Crippen LogP contribution is 2.46. The third-order valence-electron chi connectivity index (χ3n) is 6.34. The first-order chi connectivity index (χ1) is 19.1. The fourth-order valence-electron chi connectivity index (χ4n) is 4.42. The van der Waals surface area contributed by atoms with Gasteiger partial charge in [-0.25, -0.2) is 17.5 Å². The lowest BCUT2D eigenvalue weighted by molar-refractivity contribution is -0.385. The van der Waals surface area contributed by atoms with Gasteiger partial charge in [0, 0.05) is 36.4 Å². The molecule has 0 radical (unpaired) electrons. The van der Waals surface area contributed by atoms with E-state index in [1.54, 1.807) is 6.07 Å². The smallest absolute Gasteiger partial charge is 0.351 e. The average Bonchev–Trinajstić information content (AvgIpc) is 3.27. The summed E-state index contributed by atoms with van der Waals surface area (Å²) in [5, 5.41) is 14.7. The van der Waals surface area contributed by atoms with Gasteiger partial charge in [-0.05, 0) is 46.5 Å². The van der Waals surface area contributed by atoms with E-state index in [1.165, 1.54) is 41.0 Å². The quantitative estimate of drug-likeness (QED) is 0.133. The van der Waals surface area contributed by atoms with E-state index in [0.717, 1.165) is 16.1 Å². The largest absolute Gasteiger partial charge is 0.483 e. The molecule has 1 N–H and O–H groups in total. The van der Waals surface area contributed by atoms with Crippen LogP contribution in [0.25, 0.3) is 10.4 Å². The molecule has 3 aromatic rings. The first-order valence-electron chi connectivity index (χ1n) is 12.2. The van der Waals surface area contributed by atoms with Crippen molar-refractivity contribution in [2.24, 2.45) is 0 Å². The van der Waals surface area contributed by atoms with Crippen LogP contribution in [0.15, 0.2) is 53.0 Å². The monoisotopic (exact) mass is 651 g/mol. The fraction of sp³-hybridized carbons (Fsp3) is 0.308. The van der Waals surface area contributed by atoms with E-state index in [0.29, 0.717) is 23.6 Å². The molecule has 40 heavy (non-hydrogen) atoms. The highest BCUT2D eigenvalue weighted by atomic mass is 79.9. The molecule has 1 saturated heterocycles. The van der Waals surface area contributed by atoms with Crippen molar-refractivity contribution in [3.8, 4) is 16.2 Å². The van der Waals surface area contributed by atoms with E-state index in [1.807, 2.05) is 24.3 Å². The van der Waals surface area contributed by atoms with Gasteiger partial charge >= 0.3 is 5.97 Å². The molecular formula is C26H26BrN3O8S2. The Kier molecular flexibility index (Phi) is 9.56. The van der Waals surface area contributed by atoms with E-state index in [-0.39, 0.29) is 47.6 Å². The van der Waals surface area contributed by atoms with Gasteiger partial charge in [-0.15, -0.1) is 11.3 Å². The van der Waals surface area contributed by atoms with Crippen molar-refractivity contribution < 1.29 is 32.4 Å². The number of aldehydes is 1. The predicted octanol–water partition coefficient (Wildman–Crippen LogP) is 4.86. The lowest BCUT2D eigenvalue weighted by atomic mass is 10.1. The zero-order valence-electron chi connectivity index (χ0n) is 21.4. The highest BCUT2D eigenvalue weighted by Gasteiger charge is 2.30. The Morgan fingerprint density at radius 1 is 1.23 bits per heavy atom. The molecule has 14 heteroatoms. The standard InChI is InChI=1S/C26H26BrN3O8S2/c1-37-26(32)25-23(38-14-13-31)22(27)24(39-25)17-6-4-7-20(15-17)28-19-9-11-29(12-10-19)40(35,36)16-18-5-2-3-8-21(18)30(33)34/h2-8,13,15,19,28H,9-12,14,16H2,1H3. The first kappa shape index (κ1) is 29.6. The number of anilines is 1. The van der Waals surface area contributed by atoms with Crippen molar-refractivity contribution in [2.45, 2.75) is 24.6 Å². The molecule has 0 saturated carbocycles. The summed E-state index contributed by atoms with van der Waals surface area (Å²) in [7, 11) is -2.46. The number of benzene rings is 2. The molecule has 2 heterocycles. The Hall–Kier alpha value is -3.33. The van der Waals surface area contributed by atoms with Crippen molar-refractivity contribution in [2.75, 3.05) is 32.1 Å². The summed E-state index contributed by atoms with van der Waals surface area (Å²) in [4.78, 5) is 34.8. The number of nitrogens with zero attached hydrogens (tertiary/aromatic N) is 2. The SMILES string of the molecule is COC(=O)c1sc(-c2cccc(NC3CCN(S(=O)(=O)Cc4ccccc4[N+](=O)[O-])CC3)c2)c(Br)c1OCC=O. The molecule has 1 aliphatic rings. The summed E-state index contributed by atoms with van der Waals surface area (Å²) in [5.74, 6) is -0.756. The van der Waals surface area contributed by atoms with Gasteiger partial charge in [-0.1, -0.05) is 30.3 Å². The molecule has 1 fully saturated rings. The Balaban J connectivity index is 1.44. The lowest BCUT2D eigenvalue weighted by Gasteiger charge is -2.32. The molecule has 0 aliphatic carbocycles. The van der Waals surface area contributed by atoms with Crippen LogP contribution in [0.3, 0.4) is 0 Å². The molecular weight excluding hydrogens is 626 g/mol. The van der Waals surface area contributed by atoms with E-state index in [2.05, 4.69) is 21.2 Å². The number of carbonyl (C=O) groups is 2. The lowest BCUT2D eigenvalue weighted by Crippen LogP contribution is -2.42. The van der Waals surface area contributed by atoms with Crippen molar-refractivity contribution >= 4 is 60.9 Å². The number of nitrogens with one attached hydrogen (secondary N) is 1. The molecule has 0 amide bonds. The second kappa shape index (κ2) is 12.9. The second-order valence-corrected chi connectivity index (χ2v) is 12.7. The third-order valence-corrected chi connectivity index (χ3v) is 10.4. The van der Waals surface area contributed by atoms with Gasteiger partial charge in [0.25, 0.3) is 5.69 Å². The molecule has 4 rings (SSSR count). The fourth-order valence-corrected chi connectivity index (χ4v) is 7.97. The third kappa shape index (κ3) is 6.69. The van der Waals surface area contributed by atoms with Gasteiger partial charge in [0.1, 0.15) is 6.61 Å². The second-order valence-electron chi connectivity index (χ2n) is 8.91. The van der Waals surface area contributed by atoms with Crippen LogP contribution in [0.1, 0.15) is 28.1 Å². The van der Waals surface area contributed by atoms with Crippen molar-refractivity contribution in [1.82, 2.24) is 4.31 Å². The van der Waals surface area contributed by atoms with Crippen LogP contribution < -0.4 is 10.1 Å². The summed E-state index contributed by atoms with van der Waals surface area (Å²) in [5.41, 5.74) is 1.58. The zero-order chi connectivity index (χ0) is 28.9. The number of hydrogen-bond donors (Lipinski definition) is 1. The highest BCUT2D eigenvalue weighted by molar-refractivity contribution is 9.10. The Morgan fingerprint density at radius 3 is 2.62 bits per heavy atom. The molecule has 0 bridgehead atoms. The summed E-state index contributed by atoms with van der Waals surface area (Å²) in [6.07, 6.45) is 1.70. The maximum Gasteiger partial charge on any atom is 0.351 e. The predicted molar refractivity (Wildman–Crippen MR) is 154 cm³/mol. The number of nitro groups is 1. The van der Waals surface area contributed by atoms with Crippen LogP contribution in [0.5, 0.6) is 5.75 Å². The van der Waals surface area contributed by atoms with Crippen molar-refractivity contribution in [1.29, 1.82) is 0 Å². The normalized spacial score (nSPS) is 14.4. The van der Waals surface area contributed by atoms with Crippen LogP contribution >= 0.6 is 27.3 Å². The van der Waals surface area contributed by atoms with Gasteiger partial charge in [0.05, 0.1) is 27.1 Å². The maximum absolute atomic E-state index is 13.0. The topological polar surface area (TPSA) is 145 Å². The first-order valence-corrected chi connectivity index (χ1v) is 15.4. The zero-order valence-corrected chi connectivity index (χ0v) is 24.6. The average molecular weight is 653 g/mol. The van der Waals surface area contributed by atoms with Crippen LogP contribution in [-0.2, 0) is 25.3 Å². The molecule has 212 valence electrons. The van der Waals surface area contributed by atoms with E-state index >= 15 is 0 Å². The number of para-hydroxylation sites is 1. The number of carbonyl (C=O) groups excluding carboxylic acids is 2. The van der Waals surface area contributed by atoms with E-state index < -0.39 is 26.7 Å². The van der Waals surface area contributed by atoms with Gasteiger partial charge in [-0.2, -0.15) is 0 Å². The van der Waals surface area contributed by atoms with Crippen LogP contribution in [0.2, 0.25) is 0 Å². The van der Waals surface area contributed by atoms with E-state index in [9.17, 15) is 28.1 Å². The van der Waals surface area contributed by atoms with Crippen molar-refractivity contribution in [3.63, 3.8) is 0 Å². The minimum absolute atomic E-state index is 0.0108. The van der Waals surface area contributed by atoms with Gasteiger partial charge in [0.2, 0.25) is 10.0 Å². The number of sulfonamides is 1. The number of methoxy groups -OCH3 is 1. The number of hydrogen-bond acceptors (Lipinski definition) is 10. The summed E-state index contributed by atoms with van der Waals surface area (Å²) < 4.78 is 38.3. The molecule has 1 aromatic heterocycles. The van der Waals surface area contributed by atoms with Crippen LogP contribution in [-0.4, -0.2) is 62.7 Å². The minimum atomic E-state index is -3.73. The van der Waals surface area contributed by atoms with Crippen LogP contribution in [0, 0.1) is 10.1 Å². The van der Waals surface area contributed by atoms with Gasteiger partial charge in [0.15, 0.2) is 16.9 Å². The summed E-state index contributed by atoms with van der Waals surface area (Å²) in [6, 6.07) is 13.4. The molecule has 2 aromatic carbocycles. The summed E-state index contributed by atoms with van der Waals surface area (Å²) in [6.45, 7) is 0.366. The number of rotatable bonds is 11. The number of ether oxygens (including phenoxy) is 2. The number of nitro benzene ring substituents is 1. The van der Waals surface area contributed by atoms with E-state index in [4.69, 9.17) is 9.47 Å². The number of thiophene rings is 1. The summed E-state index contributed by atoms with van der Waals surface area (Å²) >= 11 is 4.67. The minimum Gasteiger partial charge on any atom is -0.483 e. The molecule has 0 atom stereocenters. The maximum atomic E-state index is 13.0. The van der Waals surface area contributed by atoms with Crippen molar-refractivity contribution in [3.05, 3.63) is 73.6 Å². The number of piperidine rings is 1. The van der Waals surface area contributed by atoms with Gasteiger partial charge < -0.3 is 14.8 Å². The molecule has 11 nitrogen and oxygen atoms in total. The van der Waals surface area contributed by atoms with Gasteiger partial charge in [-0.3, -0.25) is 14.9 Å². The Morgan fingerprint density at radius 2 is 1.95 bits per heavy atom. The number of esters is 1. The molecule has 0 spiro atoms.